The van der Waals surface area contributed by atoms with Crippen molar-refractivity contribution in [2.24, 2.45) is 0 Å². The Balaban J connectivity index is 2.32. The van der Waals surface area contributed by atoms with Crippen LogP contribution in [0.1, 0.15) is 18.9 Å². The lowest BCUT2D eigenvalue weighted by atomic mass is 10.2. The van der Waals surface area contributed by atoms with Gasteiger partial charge in [-0.15, -0.1) is 0 Å². The van der Waals surface area contributed by atoms with Gasteiger partial charge < -0.3 is 20.1 Å². The van der Waals surface area contributed by atoms with E-state index < -0.39 is 5.97 Å². The maximum absolute atomic E-state index is 11.8. The summed E-state index contributed by atoms with van der Waals surface area (Å²) in [6, 6.07) is 7.26. The van der Waals surface area contributed by atoms with E-state index in [9.17, 15) is 9.59 Å². The molecule has 0 saturated carbocycles. The van der Waals surface area contributed by atoms with Gasteiger partial charge in [0.05, 0.1) is 6.54 Å². The molecule has 116 valence electrons. The van der Waals surface area contributed by atoms with Crippen molar-refractivity contribution in [1.29, 1.82) is 0 Å². The van der Waals surface area contributed by atoms with Crippen molar-refractivity contribution in [3.8, 4) is 5.75 Å². The highest BCUT2D eigenvalue weighted by molar-refractivity contribution is 5.80. The maximum atomic E-state index is 11.8. The number of carbonyl (C=O) groups excluding carboxylic acids is 1. The number of nitrogens with zero attached hydrogens (tertiary/aromatic N) is 1. The summed E-state index contributed by atoms with van der Waals surface area (Å²) in [7, 11) is 0. The van der Waals surface area contributed by atoms with E-state index in [4.69, 9.17) is 9.84 Å². The van der Waals surface area contributed by atoms with E-state index in [0.29, 0.717) is 26.1 Å². The minimum absolute atomic E-state index is 0.293. The molecular formula is C15H22N2O4. The van der Waals surface area contributed by atoms with Gasteiger partial charge in [0.25, 0.3) is 0 Å². The second-order valence-electron chi connectivity index (χ2n) is 4.71. The van der Waals surface area contributed by atoms with E-state index in [1.54, 1.807) is 0 Å². The van der Waals surface area contributed by atoms with Gasteiger partial charge in [-0.3, -0.25) is 4.79 Å². The summed E-state index contributed by atoms with van der Waals surface area (Å²) >= 11 is 0. The first-order chi connectivity index (χ1) is 10.0. The van der Waals surface area contributed by atoms with Crippen LogP contribution in [0.3, 0.4) is 0 Å². The molecule has 21 heavy (non-hydrogen) atoms. The molecule has 0 bridgehead atoms. The molecule has 6 heteroatoms. The number of hydrogen-bond acceptors (Lipinski definition) is 3. The molecule has 0 atom stereocenters. The fraction of sp³-hybridized carbons (Fsp3) is 0.467. The Hall–Kier alpha value is -2.24. The summed E-state index contributed by atoms with van der Waals surface area (Å²) in [6.45, 7) is 4.65. The van der Waals surface area contributed by atoms with Crippen LogP contribution < -0.4 is 10.1 Å². The van der Waals surface area contributed by atoms with Crippen LogP contribution in [0.5, 0.6) is 5.75 Å². The van der Waals surface area contributed by atoms with Crippen LogP contribution in [-0.4, -0.2) is 48.2 Å². The summed E-state index contributed by atoms with van der Waals surface area (Å²) in [5.74, 6) is -0.269. The lowest BCUT2D eigenvalue weighted by Gasteiger charge is -2.20. The molecule has 0 aliphatic heterocycles. The van der Waals surface area contributed by atoms with E-state index in [1.807, 2.05) is 38.1 Å². The summed E-state index contributed by atoms with van der Waals surface area (Å²) in [5, 5.41) is 11.4. The summed E-state index contributed by atoms with van der Waals surface area (Å²) < 4.78 is 5.51. The molecule has 0 heterocycles. The average molecular weight is 294 g/mol. The molecule has 0 radical (unpaired) electrons. The molecule has 0 aliphatic carbocycles. The zero-order valence-electron chi connectivity index (χ0n) is 12.5. The van der Waals surface area contributed by atoms with Gasteiger partial charge in [-0.1, -0.05) is 19.1 Å². The number of hydrogen-bond donors (Lipinski definition) is 2. The summed E-state index contributed by atoms with van der Waals surface area (Å²) in [6.07, 6.45) is 0.709. The van der Waals surface area contributed by atoms with Crippen LogP contribution in [0.4, 0.5) is 4.79 Å². The number of aryl methyl sites for hydroxylation is 1. The molecular weight excluding hydrogens is 272 g/mol. The van der Waals surface area contributed by atoms with E-state index in [0.717, 1.165) is 11.3 Å². The normalized spacial score (nSPS) is 10.0. The quantitative estimate of drug-likeness (QED) is 0.718. The standard InChI is InChI=1S/C15H22N2O4/c1-3-8-17(11-14(18)19)15(20)16-7-9-21-13-6-4-5-12(2)10-13/h4-6,10H,3,7-9,11H2,1-2H3,(H,16,20)(H,18,19). The highest BCUT2D eigenvalue weighted by Gasteiger charge is 2.14. The van der Waals surface area contributed by atoms with Crippen LogP contribution in [-0.2, 0) is 4.79 Å². The van der Waals surface area contributed by atoms with Crippen molar-refractivity contribution in [3.05, 3.63) is 29.8 Å². The molecule has 0 saturated heterocycles. The Kier molecular flexibility index (Phi) is 7.08. The van der Waals surface area contributed by atoms with Gasteiger partial charge in [-0.25, -0.2) is 4.79 Å². The Morgan fingerprint density at radius 3 is 2.76 bits per heavy atom. The third kappa shape index (κ3) is 6.65. The Labute approximate surface area is 124 Å². The molecule has 0 spiro atoms. The van der Waals surface area contributed by atoms with Gasteiger partial charge in [0.15, 0.2) is 0 Å². The Morgan fingerprint density at radius 1 is 1.38 bits per heavy atom. The van der Waals surface area contributed by atoms with Crippen molar-refractivity contribution < 1.29 is 19.4 Å². The Bertz CT molecular complexity index is 476. The van der Waals surface area contributed by atoms with E-state index in [-0.39, 0.29) is 12.6 Å². The van der Waals surface area contributed by atoms with Crippen LogP contribution in [0.15, 0.2) is 24.3 Å². The van der Waals surface area contributed by atoms with Gasteiger partial charge in [-0.2, -0.15) is 0 Å². The molecule has 0 fully saturated rings. The number of aliphatic carboxylic acids is 1. The van der Waals surface area contributed by atoms with Crippen molar-refractivity contribution >= 4 is 12.0 Å². The lowest BCUT2D eigenvalue weighted by molar-refractivity contribution is -0.137. The van der Waals surface area contributed by atoms with Gasteiger partial charge in [0.1, 0.15) is 18.9 Å². The second kappa shape index (κ2) is 8.84. The highest BCUT2D eigenvalue weighted by Crippen LogP contribution is 2.11. The molecule has 6 nitrogen and oxygen atoms in total. The SMILES string of the molecule is CCCN(CC(=O)O)C(=O)NCCOc1cccc(C)c1. The Morgan fingerprint density at radius 2 is 2.14 bits per heavy atom. The van der Waals surface area contributed by atoms with Gasteiger partial charge in [0.2, 0.25) is 0 Å². The van der Waals surface area contributed by atoms with E-state index >= 15 is 0 Å². The molecule has 0 aliphatic rings. The lowest BCUT2D eigenvalue weighted by Crippen LogP contribution is -2.44. The number of benzene rings is 1. The fourth-order valence-electron chi connectivity index (χ4n) is 1.83. The zero-order chi connectivity index (χ0) is 15.7. The topological polar surface area (TPSA) is 78.9 Å². The first-order valence-electron chi connectivity index (χ1n) is 6.97. The van der Waals surface area contributed by atoms with Crippen LogP contribution in [0, 0.1) is 6.92 Å². The van der Waals surface area contributed by atoms with Crippen LogP contribution in [0.25, 0.3) is 0 Å². The number of carboxylic acid groups (broad SMARTS) is 1. The summed E-state index contributed by atoms with van der Waals surface area (Å²) in [5.41, 5.74) is 1.10. The molecule has 2 N–H and O–H groups in total. The molecule has 0 unspecified atom stereocenters. The van der Waals surface area contributed by atoms with Crippen molar-refractivity contribution in [1.82, 2.24) is 10.2 Å². The summed E-state index contributed by atoms with van der Waals surface area (Å²) in [4.78, 5) is 23.8. The van der Waals surface area contributed by atoms with E-state index in [2.05, 4.69) is 5.32 Å². The average Bonchev–Trinajstić information content (AvgIpc) is 2.42. The van der Waals surface area contributed by atoms with Gasteiger partial charge in [0, 0.05) is 6.54 Å². The largest absolute Gasteiger partial charge is 0.492 e. The predicted molar refractivity (Wildman–Crippen MR) is 79.6 cm³/mol. The predicted octanol–water partition coefficient (Wildman–Crippen LogP) is 1.88. The molecule has 0 aromatic heterocycles. The number of rotatable bonds is 8. The van der Waals surface area contributed by atoms with Crippen LogP contribution in [0.2, 0.25) is 0 Å². The molecule has 1 rings (SSSR count). The van der Waals surface area contributed by atoms with Gasteiger partial charge >= 0.3 is 12.0 Å². The van der Waals surface area contributed by atoms with Gasteiger partial charge in [-0.05, 0) is 31.0 Å². The first-order valence-corrected chi connectivity index (χ1v) is 6.97. The van der Waals surface area contributed by atoms with Crippen molar-refractivity contribution in [2.45, 2.75) is 20.3 Å². The van der Waals surface area contributed by atoms with Crippen molar-refractivity contribution in [2.75, 3.05) is 26.2 Å². The fourth-order valence-corrected chi connectivity index (χ4v) is 1.83. The number of carboxylic acids is 1. The maximum Gasteiger partial charge on any atom is 0.323 e. The number of urea groups is 1. The monoisotopic (exact) mass is 294 g/mol. The number of carbonyl (C=O) groups is 2. The van der Waals surface area contributed by atoms with Crippen molar-refractivity contribution in [3.63, 3.8) is 0 Å². The first kappa shape index (κ1) is 16.8. The highest BCUT2D eigenvalue weighted by atomic mass is 16.5. The third-order valence-electron chi connectivity index (χ3n) is 2.74. The third-order valence-corrected chi connectivity index (χ3v) is 2.74. The van der Waals surface area contributed by atoms with E-state index in [1.165, 1.54) is 4.90 Å². The minimum atomic E-state index is -1.02. The molecule has 2 amide bonds. The second-order valence-corrected chi connectivity index (χ2v) is 4.71. The molecule has 1 aromatic rings. The number of amides is 2. The minimum Gasteiger partial charge on any atom is -0.492 e. The molecule has 1 aromatic carbocycles. The number of ether oxygens (including phenoxy) is 1. The zero-order valence-corrected chi connectivity index (χ0v) is 12.5. The smallest absolute Gasteiger partial charge is 0.323 e. The number of nitrogens with one attached hydrogen (secondary N) is 1. The van der Waals surface area contributed by atoms with Crippen LogP contribution >= 0.6 is 0 Å².